The Morgan fingerprint density at radius 1 is 1.06 bits per heavy atom. The average molecular weight is 307 g/mol. The number of rotatable bonds is 3. The van der Waals surface area contributed by atoms with Gasteiger partial charge in [-0.2, -0.15) is 0 Å². The predicted molar refractivity (Wildman–Crippen MR) is 73.8 cm³/mol. The first-order chi connectivity index (χ1) is 8.63. The van der Waals surface area contributed by atoms with Crippen molar-refractivity contribution in [3.05, 3.63) is 40.9 Å². The normalized spacial score (nSPS) is 9.89. The smallest absolute Gasteiger partial charge is 0.222 e. The van der Waals surface area contributed by atoms with Crippen LogP contribution in [0, 0.1) is 0 Å². The van der Waals surface area contributed by atoms with E-state index in [0.29, 0.717) is 11.6 Å². The molecule has 0 saturated carbocycles. The summed E-state index contributed by atoms with van der Waals surface area (Å²) in [6.45, 7) is 1.43. The van der Waals surface area contributed by atoms with Crippen molar-refractivity contribution in [2.75, 3.05) is 10.6 Å². The summed E-state index contributed by atoms with van der Waals surface area (Å²) >= 11 is 3.37. The number of hydrogen-bond acceptors (Lipinski definition) is 4. The zero-order valence-electron chi connectivity index (χ0n) is 9.64. The molecule has 2 N–H and O–H groups in total. The number of anilines is 3. The van der Waals surface area contributed by atoms with E-state index in [-0.39, 0.29) is 5.91 Å². The van der Waals surface area contributed by atoms with Crippen molar-refractivity contribution in [1.82, 2.24) is 10.2 Å². The highest BCUT2D eigenvalue weighted by atomic mass is 79.9. The molecule has 5 nitrogen and oxygen atoms in total. The highest BCUT2D eigenvalue weighted by Gasteiger charge is 2.00. The van der Waals surface area contributed by atoms with E-state index in [1.165, 1.54) is 6.92 Å². The fraction of sp³-hybridized carbons (Fsp3) is 0.0833. The van der Waals surface area contributed by atoms with Crippen molar-refractivity contribution >= 4 is 39.2 Å². The Morgan fingerprint density at radius 2 is 1.67 bits per heavy atom. The lowest BCUT2D eigenvalue weighted by Crippen LogP contribution is -2.08. The summed E-state index contributed by atoms with van der Waals surface area (Å²) in [7, 11) is 0. The lowest BCUT2D eigenvalue weighted by molar-refractivity contribution is -0.114. The Labute approximate surface area is 113 Å². The number of aromatic nitrogens is 2. The van der Waals surface area contributed by atoms with E-state index in [2.05, 4.69) is 36.8 Å². The van der Waals surface area contributed by atoms with Gasteiger partial charge >= 0.3 is 0 Å². The van der Waals surface area contributed by atoms with Gasteiger partial charge < -0.3 is 10.6 Å². The van der Waals surface area contributed by atoms with Gasteiger partial charge in [-0.25, -0.2) is 0 Å². The third kappa shape index (κ3) is 3.53. The summed E-state index contributed by atoms with van der Waals surface area (Å²) in [5.41, 5.74) is 0.916. The molecule has 0 fully saturated rings. The Morgan fingerprint density at radius 3 is 2.22 bits per heavy atom. The van der Waals surface area contributed by atoms with Gasteiger partial charge in [-0.3, -0.25) is 4.79 Å². The fourth-order valence-electron chi connectivity index (χ4n) is 1.33. The molecule has 0 radical (unpaired) electrons. The molecule has 2 aromatic rings. The molecule has 1 aromatic heterocycles. The van der Waals surface area contributed by atoms with E-state index in [0.717, 1.165) is 10.2 Å². The standard InChI is InChI=1S/C12H11BrN4O/c1-8(18)14-11-6-7-12(17-16-11)15-10-4-2-9(13)3-5-10/h2-7H,1H3,(H,15,17)(H,14,16,18). The Kier molecular flexibility index (Phi) is 3.88. The van der Waals surface area contributed by atoms with E-state index in [1.54, 1.807) is 12.1 Å². The van der Waals surface area contributed by atoms with Gasteiger partial charge in [0.05, 0.1) is 0 Å². The maximum Gasteiger partial charge on any atom is 0.222 e. The third-order valence-electron chi connectivity index (χ3n) is 2.09. The number of carbonyl (C=O) groups is 1. The number of nitrogens with one attached hydrogen (secondary N) is 2. The van der Waals surface area contributed by atoms with Gasteiger partial charge in [-0.05, 0) is 36.4 Å². The topological polar surface area (TPSA) is 66.9 Å². The molecule has 0 unspecified atom stereocenters. The van der Waals surface area contributed by atoms with Crippen molar-refractivity contribution < 1.29 is 4.79 Å². The Hall–Kier alpha value is -1.95. The molecule has 0 aliphatic carbocycles. The first-order valence-electron chi connectivity index (χ1n) is 5.27. The number of nitrogens with zero attached hydrogens (tertiary/aromatic N) is 2. The minimum Gasteiger partial charge on any atom is -0.339 e. The third-order valence-corrected chi connectivity index (χ3v) is 2.61. The molecular formula is C12H11BrN4O. The molecule has 0 aliphatic heterocycles. The minimum absolute atomic E-state index is 0.169. The van der Waals surface area contributed by atoms with Crippen LogP contribution < -0.4 is 10.6 Å². The highest BCUT2D eigenvalue weighted by molar-refractivity contribution is 9.10. The second kappa shape index (κ2) is 5.59. The second-order valence-electron chi connectivity index (χ2n) is 3.62. The average Bonchev–Trinajstić information content (AvgIpc) is 2.34. The Bertz CT molecular complexity index is 539. The van der Waals surface area contributed by atoms with Gasteiger partial charge in [0, 0.05) is 17.1 Å². The largest absolute Gasteiger partial charge is 0.339 e. The molecule has 0 spiro atoms. The predicted octanol–water partition coefficient (Wildman–Crippen LogP) is 2.94. The van der Waals surface area contributed by atoms with Gasteiger partial charge in [0.25, 0.3) is 0 Å². The molecule has 0 saturated heterocycles. The number of benzene rings is 1. The number of halogens is 1. The van der Waals surface area contributed by atoms with Crippen LogP contribution in [0.5, 0.6) is 0 Å². The molecule has 6 heteroatoms. The maximum absolute atomic E-state index is 10.8. The quantitative estimate of drug-likeness (QED) is 0.915. The second-order valence-corrected chi connectivity index (χ2v) is 4.53. The first-order valence-corrected chi connectivity index (χ1v) is 6.07. The molecule has 1 amide bonds. The lowest BCUT2D eigenvalue weighted by atomic mass is 10.3. The number of amides is 1. The van der Waals surface area contributed by atoms with Crippen molar-refractivity contribution in [1.29, 1.82) is 0 Å². The van der Waals surface area contributed by atoms with Crippen LogP contribution in [0.25, 0.3) is 0 Å². The summed E-state index contributed by atoms with van der Waals surface area (Å²) in [5.74, 6) is 0.883. The lowest BCUT2D eigenvalue weighted by Gasteiger charge is -2.05. The van der Waals surface area contributed by atoms with Crippen molar-refractivity contribution in [2.24, 2.45) is 0 Å². The molecule has 1 aromatic carbocycles. The zero-order valence-corrected chi connectivity index (χ0v) is 11.2. The van der Waals surface area contributed by atoms with Crippen LogP contribution in [0.2, 0.25) is 0 Å². The van der Waals surface area contributed by atoms with E-state index in [9.17, 15) is 4.79 Å². The molecule has 92 valence electrons. The monoisotopic (exact) mass is 306 g/mol. The molecule has 0 atom stereocenters. The molecule has 18 heavy (non-hydrogen) atoms. The van der Waals surface area contributed by atoms with E-state index < -0.39 is 0 Å². The summed E-state index contributed by atoms with van der Waals surface area (Å²) < 4.78 is 1.01. The van der Waals surface area contributed by atoms with Crippen LogP contribution in [0.1, 0.15) is 6.92 Å². The van der Waals surface area contributed by atoms with Crippen LogP contribution in [0.4, 0.5) is 17.3 Å². The van der Waals surface area contributed by atoms with Gasteiger partial charge in [0.2, 0.25) is 5.91 Å². The van der Waals surface area contributed by atoms with Crippen molar-refractivity contribution in [3.8, 4) is 0 Å². The fourth-order valence-corrected chi connectivity index (χ4v) is 1.59. The summed E-state index contributed by atoms with van der Waals surface area (Å²) in [4.78, 5) is 10.8. The van der Waals surface area contributed by atoms with Gasteiger partial charge in [0.15, 0.2) is 11.6 Å². The van der Waals surface area contributed by atoms with Crippen LogP contribution in [0.3, 0.4) is 0 Å². The highest BCUT2D eigenvalue weighted by Crippen LogP contribution is 2.17. The molecule has 0 aliphatic rings. The van der Waals surface area contributed by atoms with Gasteiger partial charge in [-0.1, -0.05) is 15.9 Å². The molecule has 1 heterocycles. The Balaban J connectivity index is 2.06. The molecule has 0 bridgehead atoms. The summed E-state index contributed by atoms with van der Waals surface area (Å²) in [6.07, 6.45) is 0. The minimum atomic E-state index is -0.169. The zero-order chi connectivity index (χ0) is 13.0. The van der Waals surface area contributed by atoms with Crippen molar-refractivity contribution in [2.45, 2.75) is 6.92 Å². The van der Waals surface area contributed by atoms with Gasteiger partial charge in [0.1, 0.15) is 0 Å². The maximum atomic E-state index is 10.8. The summed E-state index contributed by atoms with van der Waals surface area (Å²) in [6, 6.07) is 11.2. The van der Waals surface area contributed by atoms with Gasteiger partial charge in [-0.15, -0.1) is 10.2 Å². The summed E-state index contributed by atoms with van der Waals surface area (Å²) in [5, 5.41) is 13.5. The number of carbonyl (C=O) groups excluding carboxylic acids is 1. The van der Waals surface area contributed by atoms with Crippen LogP contribution in [0.15, 0.2) is 40.9 Å². The van der Waals surface area contributed by atoms with Crippen LogP contribution in [-0.2, 0) is 4.79 Å². The van der Waals surface area contributed by atoms with Crippen LogP contribution in [-0.4, -0.2) is 16.1 Å². The van der Waals surface area contributed by atoms with E-state index >= 15 is 0 Å². The van der Waals surface area contributed by atoms with Crippen LogP contribution >= 0.6 is 15.9 Å². The van der Waals surface area contributed by atoms with E-state index in [1.807, 2.05) is 24.3 Å². The first kappa shape index (κ1) is 12.5. The van der Waals surface area contributed by atoms with E-state index in [4.69, 9.17) is 0 Å². The number of hydrogen-bond donors (Lipinski definition) is 2. The molecular weight excluding hydrogens is 296 g/mol. The SMILES string of the molecule is CC(=O)Nc1ccc(Nc2ccc(Br)cc2)nn1. The molecule has 2 rings (SSSR count). The van der Waals surface area contributed by atoms with Crippen molar-refractivity contribution in [3.63, 3.8) is 0 Å².